The molecule has 8 heteroatoms. The summed E-state index contributed by atoms with van der Waals surface area (Å²) in [6.07, 6.45) is 11.9. The van der Waals surface area contributed by atoms with E-state index >= 15 is 0 Å². The minimum Gasteiger partial charge on any atom is -0.356 e. The summed E-state index contributed by atoms with van der Waals surface area (Å²) >= 11 is 0. The summed E-state index contributed by atoms with van der Waals surface area (Å²) in [7, 11) is -1.57. The lowest BCUT2D eigenvalue weighted by Crippen LogP contribution is -2.35. The van der Waals surface area contributed by atoms with E-state index in [4.69, 9.17) is 0 Å². The number of hydrogen-bond donors (Lipinski definition) is 1. The standard InChI is InChI=1S/C24H34N4O3S/c1-27-22-11-10-20(32(30,31)28-16-6-3-7-17-28)18-21(22)26-23(27)12-13-24(29)25-15-14-19-8-4-2-5-9-19/h8,10-11,18H,2-7,9,12-17H2,1H3,(H,25,29). The molecular formula is C24H34N4O3S. The number of allylic oxidation sites excluding steroid dienone is 1. The van der Waals surface area contributed by atoms with Crippen LogP contribution < -0.4 is 5.32 Å². The van der Waals surface area contributed by atoms with Crippen molar-refractivity contribution < 1.29 is 13.2 Å². The summed E-state index contributed by atoms with van der Waals surface area (Å²) in [4.78, 5) is 17.2. The topological polar surface area (TPSA) is 84.3 Å². The Hall–Kier alpha value is -2.19. The van der Waals surface area contributed by atoms with Crippen molar-refractivity contribution >= 4 is 27.0 Å². The number of nitrogens with one attached hydrogen (secondary N) is 1. The molecule has 0 unspecified atom stereocenters. The molecule has 32 heavy (non-hydrogen) atoms. The van der Waals surface area contributed by atoms with E-state index in [9.17, 15) is 13.2 Å². The monoisotopic (exact) mass is 458 g/mol. The van der Waals surface area contributed by atoms with Gasteiger partial charge in [0.15, 0.2) is 0 Å². The highest BCUT2D eigenvalue weighted by Gasteiger charge is 2.26. The number of aryl methyl sites for hydroxylation is 2. The first-order valence-electron chi connectivity index (χ1n) is 11.9. The van der Waals surface area contributed by atoms with Crippen molar-refractivity contribution in [1.29, 1.82) is 0 Å². The molecule has 0 radical (unpaired) electrons. The quantitative estimate of drug-likeness (QED) is 0.612. The molecule has 0 bridgehead atoms. The van der Waals surface area contributed by atoms with Gasteiger partial charge in [-0.05, 0) is 63.1 Å². The SMILES string of the molecule is Cn1c(CCC(=O)NCCC2=CCCCC2)nc2cc(S(=O)(=O)N3CCCCC3)ccc21. The number of fused-ring (bicyclic) bond motifs is 1. The van der Waals surface area contributed by atoms with Gasteiger partial charge in [0.05, 0.1) is 15.9 Å². The molecule has 1 aliphatic carbocycles. The molecule has 1 aromatic carbocycles. The smallest absolute Gasteiger partial charge is 0.243 e. The molecule has 0 saturated carbocycles. The number of carbonyl (C=O) groups is 1. The molecule has 2 aromatic rings. The molecule has 1 N–H and O–H groups in total. The van der Waals surface area contributed by atoms with Gasteiger partial charge in [0.25, 0.3) is 0 Å². The predicted molar refractivity (Wildman–Crippen MR) is 126 cm³/mol. The Labute approximate surface area is 190 Å². The first-order valence-corrected chi connectivity index (χ1v) is 13.3. The fourth-order valence-electron chi connectivity index (χ4n) is 4.68. The molecule has 174 valence electrons. The number of nitrogens with zero attached hydrogens (tertiary/aromatic N) is 3. The van der Waals surface area contributed by atoms with Crippen molar-refractivity contribution in [1.82, 2.24) is 19.2 Å². The maximum atomic E-state index is 13.0. The molecule has 0 spiro atoms. The van der Waals surface area contributed by atoms with E-state index in [0.29, 0.717) is 42.9 Å². The number of rotatable bonds is 8. The Morgan fingerprint density at radius 3 is 2.66 bits per heavy atom. The lowest BCUT2D eigenvalue weighted by Gasteiger charge is -2.25. The van der Waals surface area contributed by atoms with Gasteiger partial charge in [-0.1, -0.05) is 18.1 Å². The Balaban J connectivity index is 1.37. The largest absolute Gasteiger partial charge is 0.356 e. The van der Waals surface area contributed by atoms with Crippen LogP contribution in [0.5, 0.6) is 0 Å². The highest BCUT2D eigenvalue weighted by atomic mass is 32.2. The zero-order valence-electron chi connectivity index (χ0n) is 19.0. The van der Waals surface area contributed by atoms with Gasteiger partial charge in [0.1, 0.15) is 5.82 Å². The van der Waals surface area contributed by atoms with Crippen LogP contribution in [-0.4, -0.2) is 47.8 Å². The lowest BCUT2D eigenvalue weighted by atomic mass is 9.97. The van der Waals surface area contributed by atoms with Gasteiger partial charge in [-0.15, -0.1) is 0 Å². The van der Waals surface area contributed by atoms with Crippen molar-refractivity contribution in [2.75, 3.05) is 19.6 Å². The average Bonchev–Trinajstić information content (AvgIpc) is 3.14. The van der Waals surface area contributed by atoms with E-state index in [1.54, 1.807) is 16.4 Å². The van der Waals surface area contributed by atoms with Crippen LogP contribution in [0.2, 0.25) is 0 Å². The number of hydrogen-bond acceptors (Lipinski definition) is 4. The maximum absolute atomic E-state index is 13.0. The first kappa shape index (κ1) is 23.0. The summed E-state index contributed by atoms with van der Waals surface area (Å²) in [5.41, 5.74) is 3.00. The molecular weight excluding hydrogens is 424 g/mol. The van der Waals surface area contributed by atoms with Crippen LogP contribution >= 0.6 is 0 Å². The number of sulfonamides is 1. The summed E-state index contributed by atoms with van der Waals surface area (Å²) in [6, 6.07) is 5.16. The van der Waals surface area contributed by atoms with Gasteiger partial charge in [-0.25, -0.2) is 13.4 Å². The van der Waals surface area contributed by atoms with Crippen LogP contribution in [-0.2, 0) is 28.3 Å². The van der Waals surface area contributed by atoms with Crippen LogP contribution in [0.1, 0.15) is 63.6 Å². The fourth-order valence-corrected chi connectivity index (χ4v) is 6.21. The zero-order valence-corrected chi connectivity index (χ0v) is 19.8. The van der Waals surface area contributed by atoms with Gasteiger partial charge in [0, 0.05) is 39.5 Å². The summed E-state index contributed by atoms with van der Waals surface area (Å²) < 4.78 is 29.5. The molecule has 7 nitrogen and oxygen atoms in total. The van der Waals surface area contributed by atoms with Gasteiger partial charge >= 0.3 is 0 Å². The number of amides is 1. The van der Waals surface area contributed by atoms with Crippen LogP contribution in [0.25, 0.3) is 11.0 Å². The minimum absolute atomic E-state index is 0.0295. The molecule has 1 fully saturated rings. The summed E-state index contributed by atoms with van der Waals surface area (Å²) in [5, 5.41) is 3.02. The fraction of sp³-hybridized carbons (Fsp3) is 0.583. The van der Waals surface area contributed by atoms with Crippen LogP contribution in [0, 0.1) is 0 Å². The Morgan fingerprint density at radius 1 is 1.09 bits per heavy atom. The van der Waals surface area contributed by atoms with E-state index in [1.165, 1.54) is 18.4 Å². The van der Waals surface area contributed by atoms with Gasteiger partial charge in [-0.2, -0.15) is 4.31 Å². The van der Waals surface area contributed by atoms with E-state index in [-0.39, 0.29) is 5.91 Å². The first-order chi connectivity index (χ1) is 15.4. The van der Waals surface area contributed by atoms with E-state index < -0.39 is 10.0 Å². The molecule has 1 amide bonds. The molecule has 1 saturated heterocycles. The average molecular weight is 459 g/mol. The number of aromatic nitrogens is 2. The molecule has 2 heterocycles. The summed E-state index contributed by atoms with van der Waals surface area (Å²) in [6.45, 7) is 1.85. The number of piperidine rings is 1. The van der Waals surface area contributed by atoms with Crippen molar-refractivity contribution in [3.05, 3.63) is 35.7 Å². The number of carbonyl (C=O) groups excluding carboxylic acids is 1. The minimum atomic E-state index is -3.49. The maximum Gasteiger partial charge on any atom is 0.243 e. The van der Waals surface area contributed by atoms with E-state index in [2.05, 4.69) is 16.4 Å². The second-order valence-corrected chi connectivity index (χ2v) is 10.8. The number of benzene rings is 1. The number of imidazole rings is 1. The van der Waals surface area contributed by atoms with Crippen molar-refractivity contribution in [3.63, 3.8) is 0 Å². The van der Waals surface area contributed by atoms with Crippen LogP contribution in [0.3, 0.4) is 0 Å². The highest BCUT2D eigenvalue weighted by Crippen LogP contribution is 2.25. The second-order valence-electron chi connectivity index (χ2n) is 8.91. The van der Waals surface area contributed by atoms with Crippen molar-refractivity contribution in [2.24, 2.45) is 7.05 Å². The lowest BCUT2D eigenvalue weighted by molar-refractivity contribution is -0.121. The zero-order chi connectivity index (χ0) is 22.6. The van der Waals surface area contributed by atoms with Crippen LogP contribution in [0.4, 0.5) is 0 Å². The highest BCUT2D eigenvalue weighted by molar-refractivity contribution is 7.89. The third-order valence-corrected chi connectivity index (χ3v) is 8.52. The molecule has 1 aromatic heterocycles. The second kappa shape index (κ2) is 10.2. The van der Waals surface area contributed by atoms with Gasteiger partial charge in [0.2, 0.25) is 15.9 Å². The molecule has 0 atom stereocenters. The Kier molecular flexibility index (Phi) is 7.30. The Bertz CT molecular complexity index is 1100. The predicted octanol–water partition coefficient (Wildman–Crippen LogP) is 3.69. The summed E-state index contributed by atoms with van der Waals surface area (Å²) in [5.74, 6) is 0.819. The Morgan fingerprint density at radius 2 is 1.91 bits per heavy atom. The van der Waals surface area contributed by atoms with Crippen LogP contribution in [0.15, 0.2) is 34.7 Å². The molecule has 4 rings (SSSR count). The van der Waals surface area contributed by atoms with Gasteiger partial charge in [-0.3, -0.25) is 4.79 Å². The third-order valence-electron chi connectivity index (χ3n) is 6.63. The van der Waals surface area contributed by atoms with E-state index in [0.717, 1.165) is 49.9 Å². The van der Waals surface area contributed by atoms with E-state index in [1.807, 2.05) is 17.7 Å². The normalized spacial score (nSPS) is 18.0. The van der Waals surface area contributed by atoms with Crippen molar-refractivity contribution in [2.45, 2.75) is 69.1 Å². The molecule has 2 aliphatic rings. The third kappa shape index (κ3) is 5.23. The van der Waals surface area contributed by atoms with Gasteiger partial charge < -0.3 is 9.88 Å². The molecule has 1 aliphatic heterocycles. The van der Waals surface area contributed by atoms with Crippen molar-refractivity contribution in [3.8, 4) is 0 Å².